The minimum Gasteiger partial charge on any atom is -0.330 e. The number of carbonyl (C=O) groups excluding carboxylic acids is 1. The maximum absolute atomic E-state index is 13.3. The quantitative estimate of drug-likeness (QED) is 0.665. The number of halogens is 1. The van der Waals surface area contributed by atoms with Crippen LogP contribution >= 0.6 is 22.7 Å². The molecule has 0 unspecified atom stereocenters. The Morgan fingerprint density at radius 3 is 2.86 bits per heavy atom. The Hall–Kier alpha value is -1.72. The van der Waals surface area contributed by atoms with Crippen LogP contribution in [0.25, 0.3) is 10.1 Å². The molecule has 2 aromatic heterocycles. The van der Waals surface area contributed by atoms with Gasteiger partial charge in [-0.05, 0) is 53.9 Å². The fraction of sp³-hybridized carbons (Fsp3) is 0.235. The standard InChI is InChI=1S/C17H14FNOS2/c18-12-3-6-15-11(8-12)9-16(22-15)17(20)19(13-4-5-13)10-14-2-1-7-21-14/h1-3,6-9,13H,4-5,10H2. The highest BCUT2D eigenvalue weighted by atomic mass is 32.1. The molecule has 0 atom stereocenters. The molecule has 112 valence electrons. The number of fused-ring (bicyclic) bond motifs is 1. The summed E-state index contributed by atoms with van der Waals surface area (Å²) in [5.74, 6) is -0.195. The van der Waals surface area contributed by atoms with Crippen molar-refractivity contribution in [1.82, 2.24) is 4.90 Å². The first-order valence-corrected chi connectivity index (χ1v) is 8.93. The van der Waals surface area contributed by atoms with Crippen LogP contribution in [0.4, 0.5) is 4.39 Å². The lowest BCUT2D eigenvalue weighted by atomic mass is 10.2. The summed E-state index contributed by atoms with van der Waals surface area (Å²) in [7, 11) is 0. The van der Waals surface area contributed by atoms with Crippen molar-refractivity contribution in [1.29, 1.82) is 0 Å². The van der Waals surface area contributed by atoms with Crippen molar-refractivity contribution in [2.75, 3.05) is 0 Å². The van der Waals surface area contributed by atoms with Crippen molar-refractivity contribution >= 4 is 38.7 Å². The van der Waals surface area contributed by atoms with Crippen LogP contribution in [-0.4, -0.2) is 16.8 Å². The third kappa shape index (κ3) is 2.66. The monoisotopic (exact) mass is 331 g/mol. The van der Waals surface area contributed by atoms with E-state index in [1.807, 2.05) is 22.4 Å². The molecule has 1 amide bonds. The number of rotatable bonds is 4. The van der Waals surface area contributed by atoms with Crippen molar-refractivity contribution in [3.05, 3.63) is 57.3 Å². The van der Waals surface area contributed by atoms with Crippen LogP contribution in [0.1, 0.15) is 27.4 Å². The number of thiophene rings is 2. The molecule has 2 heterocycles. The molecule has 1 aromatic carbocycles. The zero-order valence-corrected chi connectivity index (χ0v) is 13.4. The molecule has 2 nitrogen and oxygen atoms in total. The van der Waals surface area contributed by atoms with E-state index in [9.17, 15) is 9.18 Å². The number of hydrogen-bond donors (Lipinski definition) is 0. The first-order valence-electron chi connectivity index (χ1n) is 7.23. The molecule has 0 saturated heterocycles. The van der Waals surface area contributed by atoms with E-state index < -0.39 is 0 Å². The summed E-state index contributed by atoms with van der Waals surface area (Å²) in [6, 6.07) is 10.9. The van der Waals surface area contributed by atoms with Crippen molar-refractivity contribution in [3.8, 4) is 0 Å². The number of amides is 1. The summed E-state index contributed by atoms with van der Waals surface area (Å²) in [6.45, 7) is 0.670. The average Bonchev–Trinajstić information content (AvgIpc) is 3.06. The molecule has 4 rings (SSSR count). The Morgan fingerprint density at radius 1 is 1.27 bits per heavy atom. The number of benzene rings is 1. The lowest BCUT2D eigenvalue weighted by Crippen LogP contribution is -2.31. The van der Waals surface area contributed by atoms with Crippen LogP contribution < -0.4 is 0 Å². The third-order valence-electron chi connectivity index (χ3n) is 3.84. The Morgan fingerprint density at radius 2 is 2.14 bits per heavy atom. The topological polar surface area (TPSA) is 20.3 Å². The Balaban J connectivity index is 1.64. The third-order valence-corrected chi connectivity index (χ3v) is 5.81. The van der Waals surface area contributed by atoms with E-state index in [4.69, 9.17) is 0 Å². The normalized spacial score (nSPS) is 14.4. The molecule has 1 aliphatic rings. The van der Waals surface area contributed by atoms with Gasteiger partial charge in [-0.15, -0.1) is 22.7 Å². The molecule has 3 aromatic rings. The second kappa shape index (κ2) is 5.48. The first-order chi connectivity index (χ1) is 10.7. The first kappa shape index (κ1) is 13.9. The summed E-state index contributed by atoms with van der Waals surface area (Å²) in [4.78, 5) is 16.7. The molecule has 0 N–H and O–H groups in total. The van der Waals surface area contributed by atoms with Crippen LogP contribution in [0.15, 0.2) is 41.8 Å². The zero-order valence-electron chi connectivity index (χ0n) is 11.8. The molecule has 22 heavy (non-hydrogen) atoms. The second-order valence-corrected chi connectivity index (χ2v) is 7.65. The summed E-state index contributed by atoms with van der Waals surface area (Å²) in [5, 5.41) is 2.84. The fourth-order valence-electron chi connectivity index (χ4n) is 2.58. The molecule has 0 aliphatic heterocycles. The zero-order chi connectivity index (χ0) is 15.1. The van der Waals surface area contributed by atoms with Gasteiger partial charge in [-0.1, -0.05) is 6.07 Å². The lowest BCUT2D eigenvalue weighted by molar-refractivity contribution is 0.0736. The lowest BCUT2D eigenvalue weighted by Gasteiger charge is -2.20. The van der Waals surface area contributed by atoms with Gasteiger partial charge in [-0.2, -0.15) is 0 Å². The van der Waals surface area contributed by atoms with Gasteiger partial charge in [0.05, 0.1) is 11.4 Å². The van der Waals surface area contributed by atoms with Gasteiger partial charge in [-0.25, -0.2) is 4.39 Å². The molecule has 5 heteroatoms. The van der Waals surface area contributed by atoms with Gasteiger partial charge in [0, 0.05) is 15.6 Å². The van der Waals surface area contributed by atoms with E-state index in [1.165, 1.54) is 28.3 Å². The van der Waals surface area contributed by atoms with Crippen LogP contribution in [0.3, 0.4) is 0 Å². The second-order valence-electron chi connectivity index (χ2n) is 5.54. The van der Waals surface area contributed by atoms with Crippen LogP contribution in [0.5, 0.6) is 0 Å². The number of hydrogen-bond acceptors (Lipinski definition) is 3. The molecule has 1 fully saturated rings. The molecule has 0 bridgehead atoms. The highest BCUT2D eigenvalue weighted by molar-refractivity contribution is 7.20. The Labute approximate surface area is 135 Å². The van der Waals surface area contributed by atoms with E-state index in [-0.39, 0.29) is 11.7 Å². The molecule has 1 saturated carbocycles. The molecular weight excluding hydrogens is 317 g/mol. The van der Waals surface area contributed by atoms with Crippen molar-refractivity contribution in [2.24, 2.45) is 0 Å². The highest BCUT2D eigenvalue weighted by Gasteiger charge is 2.33. The van der Waals surface area contributed by atoms with Gasteiger partial charge in [0.2, 0.25) is 0 Å². The van der Waals surface area contributed by atoms with Gasteiger partial charge in [0.1, 0.15) is 5.82 Å². The predicted molar refractivity (Wildman–Crippen MR) is 89.0 cm³/mol. The van der Waals surface area contributed by atoms with Crippen molar-refractivity contribution in [2.45, 2.75) is 25.4 Å². The number of nitrogens with zero attached hydrogens (tertiary/aromatic N) is 1. The van der Waals surface area contributed by atoms with Crippen molar-refractivity contribution < 1.29 is 9.18 Å². The maximum Gasteiger partial charge on any atom is 0.264 e. The Bertz CT molecular complexity index is 820. The van der Waals surface area contributed by atoms with Crippen LogP contribution in [0.2, 0.25) is 0 Å². The predicted octanol–water partition coefficient (Wildman–Crippen LogP) is 4.91. The number of carbonyl (C=O) groups is 1. The van der Waals surface area contributed by atoms with Gasteiger partial charge in [0.15, 0.2) is 0 Å². The average molecular weight is 331 g/mol. The highest BCUT2D eigenvalue weighted by Crippen LogP contribution is 2.33. The molecule has 0 radical (unpaired) electrons. The van der Waals surface area contributed by atoms with Gasteiger partial charge < -0.3 is 4.90 Å². The van der Waals surface area contributed by atoms with E-state index in [1.54, 1.807) is 17.4 Å². The van der Waals surface area contributed by atoms with Gasteiger partial charge in [-0.3, -0.25) is 4.79 Å². The molecular formula is C17H14FNOS2. The molecule has 0 spiro atoms. The Kier molecular flexibility index (Phi) is 3.47. The van der Waals surface area contributed by atoms with Gasteiger partial charge in [0.25, 0.3) is 5.91 Å². The summed E-state index contributed by atoms with van der Waals surface area (Å²) in [5.41, 5.74) is 0. The summed E-state index contributed by atoms with van der Waals surface area (Å²) < 4.78 is 14.3. The van der Waals surface area contributed by atoms with E-state index in [0.717, 1.165) is 22.9 Å². The maximum atomic E-state index is 13.3. The fourth-order valence-corrected chi connectivity index (χ4v) is 4.29. The summed E-state index contributed by atoms with van der Waals surface area (Å²) >= 11 is 3.12. The largest absolute Gasteiger partial charge is 0.330 e. The smallest absolute Gasteiger partial charge is 0.264 e. The van der Waals surface area contributed by atoms with E-state index in [2.05, 4.69) is 6.07 Å². The van der Waals surface area contributed by atoms with Crippen LogP contribution in [0, 0.1) is 5.82 Å². The van der Waals surface area contributed by atoms with Gasteiger partial charge >= 0.3 is 0 Å². The van der Waals surface area contributed by atoms with E-state index in [0.29, 0.717) is 17.5 Å². The van der Waals surface area contributed by atoms with E-state index >= 15 is 0 Å². The summed E-state index contributed by atoms with van der Waals surface area (Å²) in [6.07, 6.45) is 2.16. The van der Waals surface area contributed by atoms with Crippen LogP contribution in [-0.2, 0) is 6.54 Å². The molecule has 1 aliphatic carbocycles. The minimum atomic E-state index is -0.262. The SMILES string of the molecule is O=C(c1cc2cc(F)ccc2s1)N(Cc1cccs1)C1CC1. The minimum absolute atomic E-state index is 0.0671. The van der Waals surface area contributed by atoms with Crippen molar-refractivity contribution in [3.63, 3.8) is 0 Å².